The van der Waals surface area contributed by atoms with Gasteiger partial charge < -0.3 is 5.32 Å². The molecule has 2 rings (SSSR count). The summed E-state index contributed by atoms with van der Waals surface area (Å²) in [6.45, 7) is 2.84. The number of aromatic nitrogens is 1. The van der Waals surface area contributed by atoms with E-state index < -0.39 is 0 Å². The molecular weight excluding hydrogens is 222 g/mol. The molecule has 1 atom stereocenters. The van der Waals surface area contributed by atoms with Gasteiger partial charge >= 0.3 is 0 Å². The molecule has 0 fully saturated rings. The van der Waals surface area contributed by atoms with Crippen molar-refractivity contribution >= 4 is 0 Å². The second-order valence-electron chi connectivity index (χ2n) is 4.16. The number of nitriles is 1. The summed E-state index contributed by atoms with van der Waals surface area (Å²) >= 11 is 0. The molecule has 0 saturated heterocycles. The monoisotopic (exact) mass is 237 g/mol. The minimum absolute atomic E-state index is 0.236. The summed E-state index contributed by atoms with van der Waals surface area (Å²) in [5, 5.41) is 12.2. The lowest BCUT2D eigenvalue weighted by atomic mass is 10.1. The van der Waals surface area contributed by atoms with Crippen LogP contribution in [0.5, 0.6) is 0 Å². The minimum Gasteiger partial charge on any atom is -0.305 e. The normalized spacial score (nSPS) is 11.8. The Morgan fingerprint density at radius 1 is 1.22 bits per heavy atom. The van der Waals surface area contributed by atoms with Gasteiger partial charge in [-0.25, -0.2) is 0 Å². The van der Waals surface area contributed by atoms with E-state index in [1.54, 1.807) is 6.20 Å². The highest BCUT2D eigenvalue weighted by Crippen LogP contribution is 2.13. The summed E-state index contributed by atoms with van der Waals surface area (Å²) in [4.78, 5) is 4.27. The molecule has 1 aromatic heterocycles. The van der Waals surface area contributed by atoms with E-state index in [0.717, 1.165) is 12.2 Å². The third-order valence-corrected chi connectivity index (χ3v) is 2.86. The van der Waals surface area contributed by atoms with Gasteiger partial charge in [0.25, 0.3) is 0 Å². The van der Waals surface area contributed by atoms with E-state index in [1.807, 2.05) is 42.5 Å². The molecule has 0 aliphatic carbocycles. The van der Waals surface area contributed by atoms with Gasteiger partial charge in [-0.1, -0.05) is 18.2 Å². The molecule has 0 radical (unpaired) electrons. The van der Waals surface area contributed by atoms with Crippen LogP contribution in [-0.2, 0) is 6.54 Å². The topological polar surface area (TPSA) is 48.7 Å². The third-order valence-electron chi connectivity index (χ3n) is 2.86. The van der Waals surface area contributed by atoms with Crippen LogP contribution in [0.15, 0.2) is 48.7 Å². The van der Waals surface area contributed by atoms with Crippen molar-refractivity contribution < 1.29 is 0 Å². The number of hydrogen-bond acceptors (Lipinski definition) is 3. The first-order valence-electron chi connectivity index (χ1n) is 5.93. The summed E-state index contributed by atoms with van der Waals surface area (Å²) in [6.07, 6.45) is 1.80. The molecule has 18 heavy (non-hydrogen) atoms. The van der Waals surface area contributed by atoms with Gasteiger partial charge in [-0.15, -0.1) is 0 Å². The molecule has 3 heteroatoms. The van der Waals surface area contributed by atoms with Gasteiger partial charge in [-0.3, -0.25) is 4.98 Å². The van der Waals surface area contributed by atoms with E-state index in [1.165, 1.54) is 5.56 Å². The SMILES string of the molecule is CC(NCc1ccccn1)c1ccc(C#N)cc1. The fourth-order valence-corrected chi connectivity index (χ4v) is 1.72. The molecule has 1 unspecified atom stereocenters. The van der Waals surface area contributed by atoms with Crippen LogP contribution in [-0.4, -0.2) is 4.98 Å². The maximum Gasteiger partial charge on any atom is 0.0991 e. The van der Waals surface area contributed by atoms with Crippen LogP contribution >= 0.6 is 0 Å². The lowest BCUT2D eigenvalue weighted by molar-refractivity contribution is 0.568. The molecule has 0 saturated carbocycles. The summed E-state index contributed by atoms with van der Waals surface area (Å²) in [7, 11) is 0. The van der Waals surface area contributed by atoms with E-state index >= 15 is 0 Å². The number of nitrogens with one attached hydrogen (secondary N) is 1. The molecular formula is C15H15N3. The van der Waals surface area contributed by atoms with E-state index in [4.69, 9.17) is 5.26 Å². The first-order chi connectivity index (χ1) is 8.79. The lowest BCUT2D eigenvalue weighted by Gasteiger charge is -2.13. The Balaban J connectivity index is 1.95. The van der Waals surface area contributed by atoms with Crippen LogP contribution in [0.2, 0.25) is 0 Å². The van der Waals surface area contributed by atoms with Crippen LogP contribution in [0.3, 0.4) is 0 Å². The van der Waals surface area contributed by atoms with E-state index in [-0.39, 0.29) is 6.04 Å². The summed E-state index contributed by atoms with van der Waals surface area (Å²) < 4.78 is 0. The van der Waals surface area contributed by atoms with Gasteiger partial charge in [-0.05, 0) is 36.8 Å². The van der Waals surface area contributed by atoms with Crippen LogP contribution in [0.1, 0.15) is 29.8 Å². The van der Waals surface area contributed by atoms with Crippen molar-refractivity contribution in [2.45, 2.75) is 19.5 Å². The fourth-order valence-electron chi connectivity index (χ4n) is 1.72. The molecule has 0 aliphatic rings. The predicted molar refractivity (Wildman–Crippen MR) is 70.6 cm³/mol. The van der Waals surface area contributed by atoms with Crippen molar-refractivity contribution in [3.63, 3.8) is 0 Å². The van der Waals surface area contributed by atoms with Gasteiger partial charge in [0.1, 0.15) is 0 Å². The Morgan fingerprint density at radius 2 is 2.00 bits per heavy atom. The van der Waals surface area contributed by atoms with E-state index in [2.05, 4.69) is 23.3 Å². The Kier molecular flexibility index (Phi) is 4.06. The second kappa shape index (κ2) is 5.95. The van der Waals surface area contributed by atoms with E-state index in [9.17, 15) is 0 Å². The van der Waals surface area contributed by atoms with Crippen molar-refractivity contribution in [2.24, 2.45) is 0 Å². The van der Waals surface area contributed by atoms with Gasteiger partial charge in [0, 0.05) is 18.8 Å². The number of benzene rings is 1. The first-order valence-corrected chi connectivity index (χ1v) is 5.93. The molecule has 1 N–H and O–H groups in total. The van der Waals surface area contributed by atoms with Gasteiger partial charge in [0.2, 0.25) is 0 Å². The van der Waals surface area contributed by atoms with Crippen LogP contribution in [0, 0.1) is 11.3 Å². The Hall–Kier alpha value is -2.18. The molecule has 0 bridgehead atoms. The number of rotatable bonds is 4. The summed E-state index contributed by atoms with van der Waals surface area (Å²) in [5.74, 6) is 0. The van der Waals surface area contributed by atoms with Crippen LogP contribution in [0.4, 0.5) is 0 Å². The zero-order valence-electron chi connectivity index (χ0n) is 10.3. The molecule has 2 aromatic rings. The van der Waals surface area contributed by atoms with Gasteiger partial charge in [0.05, 0.1) is 17.3 Å². The van der Waals surface area contributed by atoms with Gasteiger partial charge in [-0.2, -0.15) is 5.26 Å². The number of hydrogen-bond donors (Lipinski definition) is 1. The van der Waals surface area contributed by atoms with Crippen molar-refractivity contribution in [3.05, 3.63) is 65.5 Å². The first kappa shape index (κ1) is 12.3. The van der Waals surface area contributed by atoms with E-state index in [0.29, 0.717) is 5.56 Å². The van der Waals surface area contributed by atoms with Gasteiger partial charge in [0.15, 0.2) is 0 Å². The molecule has 0 spiro atoms. The Morgan fingerprint density at radius 3 is 2.61 bits per heavy atom. The maximum atomic E-state index is 8.75. The smallest absolute Gasteiger partial charge is 0.0991 e. The number of nitrogens with zero attached hydrogens (tertiary/aromatic N) is 2. The molecule has 0 aliphatic heterocycles. The van der Waals surface area contributed by atoms with Crippen LogP contribution in [0.25, 0.3) is 0 Å². The zero-order chi connectivity index (χ0) is 12.8. The zero-order valence-corrected chi connectivity index (χ0v) is 10.3. The van der Waals surface area contributed by atoms with Crippen LogP contribution < -0.4 is 5.32 Å². The summed E-state index contributed by atoms with van der Waals surface area (Å²) in [6, 6.07) is 15.9. The quantitative estimate of drug-likeness (QED) is 0.889. The van der Waals surface area contributed by atoms with Crippen molar-refractivity contribution in [3.8, 4) is 6.07 Å². The molecule has 3 nitrogen and oxygen atoms in total. The lowest BCUT2D eigenvalue weighted by Crippen LogP contribution is -2.18. The maximum absolute atomic E-state index is 8.75. The Bertz CT molecular complexity index is 526. The molecule has 90 valence electrons. The fraction of sp³-hybridized carbons (Fsp3) is 0.200. The molecule has 1 aromatic carbocycles. The largest absolute Gasteiger partial charge is 0.305 e. The van der Waals surface area contributed by atoms with Crippen molar-refractivity contribution in [1.82, 2.24) is 10.3 Å². The minimum atomic E-state index is 0.236. The molecule has 1 heterocycles. The molecule has 0 amide bonds. The highest BCUT2D eigenvalue weighted by molar-refractivity contribution is 5.32. The second-order valence-corrected chi connectivity index (χ2v) is 4.16. The predicted octanol–water partition coefficient (Wildman–Crippen LogP) is 2.80. The van der Waals surface area contributed by atoms with Crippen molar-refractivity contribution in [1.29, 1.82) is 5.26 Å². The Labute approximate surface area is 107 Å². The average molecular weight is 237 g/mol. The van der Waals surface area contributed by atoms with Crippen molar-refractivity contribution in [2.75, 3.05) is 0 Å². The standard InChI is InChI=1S/C15H15N3/c1-12(14-7-5-13(10-16)6-8-14)18-11-15-4-2-3-9-17-15/h2-9,12,18H,11H2,1H3. The highest BCUT2D eigenvalue weighted by atomic mass is 14.9. The summed E-state index contributed by atoms with van der Waals surface area (Å²) in [5.41, 5.74) is 2.89. The highest BCUT2D eigenvalue weighted by Gasteiger charge is 2.04. The average Bonchev–Trinajstić information content (AvgIpc) is 2.46. The number of pyridine rings is 1. The third kappa shape index (κ3) is 3.16.